The molecule has 3 heteroatoms. The van der Waals surface area contributed by atoms with Gasteiger partial charge >= 0.3 is 6.61 Å². The molecule has 0 heterocycles. The van der Waals surface area contributed by atoms with Crippen molar-refractivity contribution < 1.29 is 13.5 Å². The molecule has 0 spiro atoms. The van der Waals surface area contributed by atoms with E-state index in [1.807, 2.05) is 0 Å². The fourth-order valence-electron chi connectivity index (χ4n) is 1.47. The topological polar surface area (TPSA) is 9.23 Å². The van der Waals surface area contributed by atoms with Crippen LogP contribution >= 0.6 is 0 Å². The second kappa shape index (κ2) is 4.75. The van der Waals surface area contributed by atoms with Crippen LogP contribution in [0.15, 0.2) is 48.5 Å². The largest absolute Gasteiger partial charge is 0.434 e. The lowest BCUT2D eigenvalue weighted by molar-refractivity contribution is -0.0494. The zero-order chi connectivity index (χ0) is 11.4. The van der Waals surface area contributed by atoms with Crippen LogP contribution in [-0.2, 0) is 0 Å². The Balaban J connectivity index is 2.41. The number of hydrogen-bond donors (Lipinski definition) is 0. The minimum Gasteiger partial charge on any atom is -0.434 e. The molecule has 0 bridgehead atoms. The van der Waals surface area contributed by atoms with Gasteiger partial charge in [-0.3, -0.25) is 0 Å². The maximum absolute atomic E-state index is 12.2. The third-order valence-corrected chi connectivity index (χ3v) is 2.13. The lowest BCUT2D eigenvalue weighted by atomic mass is 10.1. The van der Waals surface area contributed by atoms with E-state index in [-0.39, 0.29) is 5.75 Å². The van der Waals surface area contributed by atoms with Crippen molar-refractivity contribution >= 4 is 0 Å². The Morgan fingerprint density at radius 1 is 1.00 bits per heavy atom. The highest BCUT2D eigenvalue weighted by atomic mass is 19.3. The van der Waals surface area contributed by atoms with Crippen molar-refractivity contribution in [1.82, 2.24) is 0 Å². The number of halogens is 2. The van der Waals surface area contributed by atoms with Crippen LogP contribution in [0, 0.1) is 6.07 Å². The summed E-state index contributed by atoms with van der Waals surface area (Å²) >= 11 is 0. The number of hydrogen-bond acceptors (Lipinski definition) is 1. The van der Waals surface area contributed by atoms with Gasteiger partial charge in [-0.2, -0.15) is 8.78 Å². The molecule has 1 nitrogen and oxygen atoms in total. The Morgan fingerprint density at radius 2 is 1.69 bits per heavy atom. The minimum atomic E-state index is -2.81. The summed E-state index contributed by atoms with van der Waals surface area (Å²) in [5.41, 5.74) is 1.48. The highest BCUT2D eigenvalue weighted by Crippen LogP contribution is 2.30. The number of para-hydroxylation sites is 1. The first-order valence-corrected chi connectivity index (χ1v) is 4.77. The van der Waals surface area contributed by atoms with E-state index in [0.717, 1.165) is 5.56 Å². The minimum absolute atomic E-state index is 0.184. The normalized spacial score (nSPS) is 10.4. The predicted octanol–water partition coefficient (Wildman–Crippen LogP) is 3.76. The maximum atomic E-state index is 12.2. The standard InChI is InChI=1S/C13H9F2O/c14-13(15)16-12-9-5-4-8-11(12)10-6-2-1-3-7-10/h2-9,13H. The molecule has 0 saturated heterocycles. The molecule has 1 radical (unpaired) electrons. The van der Waals surface area contributed by atoms with E-state index in [2.05, 4.69) is 10.8 Å². The van der Waals surface area contributed by atoms with E-state index >= 15 is 0 Å². The van der Waals surface area contributed by atoms with E-state index in [0.29, 0.717) is 5.56 Å². The van der Waals surface area contributed by atoms with Crippen molar-refractivity contribution in [2.75, 3.05) is 0 Å². The van der Waals surface area contributed by atoms with Crippen molar-refractivity contribution in [3.8, 4) is 16.9 Å². The Labute approximate surface area is 92.3 Å². The summed E-state index contributed by atoms with van der Waals surface area (Å²) in [5.74, 6) is 0.184. The van der Waals surface area contributed by atoms with Gasteiger partial charge in [0.2, 0.25) is 0 Å². The van der Waals surface area contributed by atoms with Gasteiger partial charge in [-0.25, -0.2) is 0 Å². The van der Waals surface area contributed by atoms with Crippen molar-refractivity contribution in [2.24, 2.45) is 0 Å². The highest BCUT2D eigenvalue weighted by molar-refractivity contribution is 5.70. The highest BCUT2D eigenvalue weighted by Gasteiger charge is 2.09. The summed E-state index contributed by atoms with van der Waals surface area (Å²) in [6, 6.07) is 16.6. The van der Waals surface area contributed by atoms with E-state index in [1.54, 1.807) is 42.5 Å². The fraction of sp³-hybridized carbons (Fsp3) is 0.0769. The molecule has 0 amide bonds. The van der Waals surface area contributed by atoms with Crippen LogP contribution < -0.4 is 4.74 Å². The second-order valence-corrected chi connectivity index (χ2v) is 3.16. The summed E-state index contributed by atoms with van der Waals surface area (Å²) in [4.78, 5) is 0. The Morgan fingerprint density at radius 3 is 2.38 bits per heavy atom. The lowest BCUT2D eigenvalue weighted by Crippen LogP contribution is -2.02. The monoisotopic (exact) mass is 219 g/mol. The summed E-state index contributed by atoms with van der Waals surface area (Å²) in [5, 5.41) is 0. The first-order valence-electron chi connectivity index (χ1n) is 4.77. The third-order valence-electron chi connectivity index (χ3n) is 2.13. The van der Waals surface area contributed by atoms with Gasteiger partial charge in [-0.15, -0.1) is 0 Å². The molecule has 0 aromatic heterocycles. The van der Waals surface area contributed by atoms with E-state index < -0.39 is 6.61 Å². The molecule has 2 rings (SSSR count). The summed E-state index contributed by atoms with van der Waals surface area (Å²) in [6.45, 7) is -2.81. The van der Waals surface area contributed by atoms with Crippen LogP contribution in [0.2, 0.25) is 0 Å². The van der Waals surface area contributed by atoms with Gasteiger partial charge in [0, 0.05) is 5.56 Å². The average molecular weight is 219 g/mol. The van der Waals surface area contributed by atoms with Crippen molar-refractivity contribution in [3.05, 3.63) is 54.6 Å². The first kappa shape index (κ1) is 10.6. The number of rotatable bonds is 3. The Kier molecular flexibility index (Phi) is 3.15. The number of ether oxygens (including phenoxy) is 1. The predicted molar refractivity (Wildman–Crippen MR) is 57.3 cm³/mol. The van der Waals surface area contributed by atoms with Gasteiger partial charge in [0.1, 0.15) is 5.75 Å². The van der Waals surface area contributed by atoms with Crippen LogP contribution in [0.3, 0.4) is 0 Å². The SMILES string of the molecule is FC(F)Oc1ccccc1-c1cc[c]cc1. The van der Waals surface area contributed by atoms with E-state index in [1.165, 1.54) is 6.07 Å². The molecule has 2 aromatic rings. The Hall–Kier alpha value is -1.90. The fourth-order valence-corrected chi connectivity index (χ4v) is 1.47. The van der Waals surface area contributed by atoms with E-state index in [9.17, 15) is 8.78 Å². The smallest absolute Gasteiger partial charge is 0.387 e. The molecule has 0 aliphatic rings. The summed E-state index contributed by atoms with van der Waals surface area (Å²) in [7, 11) is 0. The first-order chi connectivity index (χ1) is 7.77. The molecule has 0 fully saturated rings. The van der Waals surface area contributed by atoms with Crippen molar-refractivity contribution in [2.45, 2.75) is 6.61 Å². The molecular weight excluding hydrogens is 210 g/mol. The molecule has 0 aliphatic heterocycles. The van der Waals surface area contributed by atoms with Gasteiger partial charge in [0.15, 0.2) is 0 Å². The van der Waals surface area contributed by atoms with Crippen LogP contribution in [-0.4, -0.2) is 6.61 Å². The second-order valence-electron chi connectivity index (χ2n) is 3.16. The quantitative estimate of drug-likeness (QED) is 0.763. The summed E-state index contributed by atoms with van der Waals surface area (Å²) < 4.78 is 28.8. The molecule has 2 aromatic carbocycles. The summed E-state index contributed by atoms with van der Waals surface area (Å²) in [6.07, 6.45) is 0. The van der Waals surface area contributed by atoms with Gasteiger partial charge in [-0.05, 0) is 17.7 Å². The van der Waals surface area contributed by atoms with Crippen molar-refractivity contribution in [1.29, 1.82) is 0 Å². The molecule has 0 unspecified atom stereocenters. The molecule has 0 N–H and O–H groups in total. The molecule has 16 heavy (non-hydrogen) atoms. The van der Waals surface area contributed by atoms with Crippen molar-refractivity contribution in [3.63, 3.8) is 0 Å². The van der Waals surface area contributed by atoms with Gasteiger partial charge < -0.3 is 4.74 Å². The molecule has 81 valence electrons. The van der Waals surface area contributed by atoms with Crippen LogP contribution in [0.4, 0.5) is 8.78 Å². The van der Waals surface area contributed by atoms with Crippen LogP contribution in [0.25, 0.3) is 11.1 Å². The maximum Gasteiger partial charge on any atom is 0.387 e. The third kappa shape index (κ3) is 2.37. The molecule has 0 aliphatic carbocycles. The zero-order valence-corrected chi connectivity index (χ0v) is 8.36. The van der Waals surface area contributed by atoms with Crippen LogP contribution in [0.1, 0.15) is 0 Å². The van der Waals surface area contributed by atoms with Gasteiger partial charge in [0.25, 0.3) is 0 Å². The molecule has 0 saturated carbocycles. The lowest BCUT2D eigenvalue weighted by Gasteiger charge is -2.10. The Bertz CT molecular complexity index is 454. The molecular formula is C13H9F2O. The van der Waals surface area contributed by atoms with Gasteiger partial charge in [-0.1, -0.05) is 42.5 Å². The van der Waals surface area contributed by atoms with Gasteiger partial charge in [0.05, 0.1) is 0 Å². The average Bonchev–Trinajstić information content (AvgIpc) is 2.30. The van der Waals surface area contributed by atoms with E-state index in [4.69, 9.17) is 0 Å². The van der Waals surface area contributed by atoms with Crippen LogP contribution in [0.5, 0.6) is 5.75 Å². The molecule has 0 atom stereocenters. The number of benzene rings is 2. The number of alkyl halides is 2. The zero-order valence-electron chi connectivity index (χ0n) is 8.36.